The molecule has 0 aliphatic heterocycles. The Morgan fingerprint density at radius 1 is 1.30 bits per heavy atom. The summed E-state index contributed by atoms with van der Waals surface area (Å²) < 4.78 is 33.0. The van der Waals surface area contributed by atoms with Gasteiger partial charge in [0.1, 0.15) is 11.3 Å². The van der Waals surface area contributed by atoms with Gasteiger partial charge in [0.25, 0.3) is 9.05 Å². The van der Waals surface area contributed by atoms with E-state index in [0.717, 1.165) is 12.8 Å². The molecule has 20 heavy (non-hydrogen) atoms. The number of ether oxygens (including phenoxy) is 2. The number of carbonyl (C=O) groups is 1. The molecule has 0 amide bonds. The zero-order valence-corrected chi connectivity index (χ0v) is 13.0. The zero-order valence-electron chi connectivity index (χ0n) is 11.4. The van der Waals surface area contributed by atoms with Gasteiger partial charge >= 0.3 is 5.97 Å². The van der Waals surface area contributed by atoms with E-state index in [4.69, 9.17) is 20.2 Å². The summed E-state index contributed by atoms with van der Waals surface area (Å²) in [7, 11) is 1.36. The molecule has 1 aromatic rings. The van der Waals surface area contributed by atoms with Crippen molar-refractivity contribution < 1.29 is 22.7 Å². The molecule has 0 aliphatic carbocycles. The fraction of sp³-hybridized carbons (Fsp3) is 0.462. The van der Waals surface area contributed by atoms with Gasteiger partial charge < -0.3 is 9.47 Å². The minimum Gasteiger partial charge on any atom is -0.493 e. The molecule has 0 radical (unpaired) electrons. The highest BCUT2D eigenvalue weighted by atomic mass is 35.7. The third-order valence-corrected chi connectivity index (χ3v) is 3.83. The van der Waals surface area contributed by atoms with Crippen LogP contribution in [0.3, 0.4) is 0 Å². The molecule has 1 aromatic carbocycles. The van der Waals surface area contributed by atoms with Gasteiger partial charge in [0.2, 0.25) is 0 Å². The maximum Gasteiger partial charge on any atom is 0.341 e. The Balaban J connectivity index is 3.08. The van der Waals surface area contributed by atoms with Crippen LogP contribution in [0, 0.1) is 0 Å². The quantitative estimate of drug-likeness (QED) is 0.439. The Kier molecular flexibility index (Phi) is 6.29. The molecule has 0 heterocycles. The van der Waals surface area contributed by atoms with Crippen molar-refractivity contribution in [3.63, 3.8) is 0 Å². The fourth-order valence-corrected chi connectivity index (χ4v) is 2.27. The second kappa shape index (κ2) is 7.50. The van der Waals surface area contributed by atoms with Crippen molar-refractivity contribution in [3.05, 3.63) is 23.8 Å². The molecule has 0 fully saturated rings. The third kappa shape index (κ3) is 4.68. The predicted molar refractivity (Wildman–Crippen MR) is 75.8 cm³/mol. The van der Waals surface area contributed by atoms with Gasteiger partial charge in [0.05, 0.1) is 18.1 Å². The number of esters is 1. The molecule has 0 saturated heterocycles. The molecular weight excluding hydrogens is 304 g/mol. The second-order valence-electron chi connectivity index (χ2n) is 4.02. The molecule has 7 heteroatoms. The first-order valence-electron chi connectivity index (χ1n) is 6.28. The van der Waals surface area contributed by atoms with Crippen LogP contribution in [0.25, 0.3) is 0 Å². The van der Waals surface area contributed by atoms with Crippen LogP contribution in [0.2, 0.25) is 0 Å². The summed E-state index contributed by atoms with van der Waals surface area (Å²) in [6.07, 6.45) is 1.63. The van der Waals surface area contributed by atoms with E-state index >= 15 is 0 Å². The van der Waals surface area contributed by atoms with Crippen LogP contribution in [0.5, 0.6) is 5.75 Å². The summed E-state index contributed by atoms with van der Waals surface area (Å²) in [4.78, 5) is 11.8. The molecule has 0 bridgehead atoms. The number of rotatable bonds is 7. The number of benzene rings is 1. The average molecular weight is 321 g/mol. The van der Waals surface area contributed by atoms with Crippen molar-refractivity contribution in [1.82, 2.24) is 0 Å². The lowest BCUT2D eigenvalue weighted by Crippen LogP contribution is -2.10. The number of halogens is 1. The number of carbonyl (C=O) groups excluding carboxylic acids is 1. The zero-order chi connectivity index (χ0) is 15.2. The van der Waals surface area contributed by atoms with Crippen LogP contribution in [0.15, 0.2) is 23.1 Å². The summed E-state index contributed by atoms with van der Waals surface area (Å²) in [5.74, 6) is -0.345. The second-order valence-corrected chi connectivity index (χ2v) is 6.58. The summed E-state index contributed by atoms with van der Waals surface area (Å²) in [6.45, 7) is 4.36. The standard InChI is InChI=1S/C13H17ClO5S/c1-3-5-8-19-13(15)11-9-10(20(14,16)17)6-7-12(11)18-4-2/h6-7,9H,3-5,8H2,1-2H3. The van der Waals surface area contributed by atoms with Crippen molar-refractivity contribution in [2.45, 2.75) is 31.6 Å². The minimum absolute atomic E-state index is 0.0599. The van der Waals surface area contributed by atoms with Gasteiger partial charge in [0.15, 0.2) is 0 Å². The molecule has 0 atom stereocenters. The highest BCUT2D eigenvalue weighted by molar-refractivity contribution is 8.13. The van der Waals surface area contributed by atoms with Crippen LogP contribution in [-0.4, -0.2) is 27.6 Å². The van der Waals surface area contributed by atoms with E-state index in [1.54, 1.807) is 6.92 Å². The molecule has 0 N–H and O–H groups in total. The van der Waals surface area contributed by atoms with E-state index in [1.807, 2.05) is 6.92 Å². The Morgan fingerprint density at radius 3 is 2.55 bits per heavy atom. The van der Waals surface area contributed by atoms with Crippen LogP contribution < -0.4 is 4.74 Å². The SMILES string of the molecule is CCCCOC(=O)c1cc(S(=O)(=O)Cl)ccc1OCC. The summed E-state index contributed by atoms with van der Waals surface area (Å²) in [6, 6.07) is 3.85. The van der Waals surface area contributed by atoms with E-state index in [-0.39, 0.29) is 22.8 Å². The number of hydrogen-bond acceptors (Lipinski definition) is 5. The predicted octanol–water partition coefficient (Wildman–Crippen LogP) is 2.97. The first-order chi connectivity index (χ1) is 9.40. The first-order valence-corrected chi connectivity index (χ1v) is 8.59. The van der Waals surface area contributed by atoms with Gasteiger partial charge in [-0.25, -0.2) is 13.2 Å². The van der Waals surface area contributed by atoms with Gasteiger partial charge in [-0.15, -0.1) is 0 Å². The fourth-order valence-electron chi connectivity index (χ4n) is 1.49. The molecule has 0 spiro atoms. The summed E-state index contributed by atoms with van der Waals surface area (Å²) in [5.41, 5.74) is 0.0599. The highest BCUT2D eigenvalue weighted by Crippen LogP contribution is 2.25. The monoisotopic (exact) mass is 320 g/mol. The Morgan fingerprint density at radius 2 is 2.00 bits per heavy atom. The van der Waals surface area contributed by atoms with Crippen molar-refractivity contribution in [3.8, 4) is 5.75 Å². The Labute approximate surface area is 123 Å². The molecule has 0 aromatic heterocycles. The Bertz CT molecular complexity index is 568. The minimum atomic E-state index is -3.91. The van der Waals surface area contributed by atoms with Gasteiger partial charge in [-0.1, -0.05) is 13.3 Å². The lowest BCUT2D eigenvalue weighted by Gasteiger charge is -2.11. The summed E-state index contributed by atoms with van der Waals surface area (Å²) in [5, 5.41) is 0. The smallest absolute Gasteiger partial charge is 0.341 e. The van der Waals surface area contributed by atoms with Gasteiger partial charge in [0, 0.05) is 10.7 Å². The van der Waals surface area contributed by atoms with Crippen LogP contribution in [0.1, 0.15) is 37.0 Å². The Hall–Kier alpha value is -1.27. The third-order valence-electron chi connectivity index (χ3n) is 2.48. The maximum absolute atomic E-state index is 12.0. The number of hydrogen-bond donors (Lipinski definition) is 0. The average Bonchev–Trinajstić information content (AvgIpc) is 2.38. The highest BCUT2D eigenvalue weighted by Gasteiger charge is 2.19. The number of unbranched alkanes of at least 4 members (excludes halogenated alkanes) is 1. The molecule has 0 unspecified atom stereocenters. The molecule has 0 saturated carbocycles. The molecular formula is C13H17ClO5S. The van der Waals surface area contributed by atoms with Crippen LogP contribution >= 0.6 is 10.7 Å². The van der Waals surface area contributed by atoms with Crippen molar-refractivity contribution >= 4 is 25.7 Å². The van der Waals surface area contributed by atoms with E-state index in [9.17, 15) is 13.2 Å². The molecule has 112 valence electrons. The van der Waals surface area contributed by atoms with Gasteiger partial charge in [-0.05, 0) is 31.5 Å². The van der Waals surface area contributed by atoms with Gasteiger partial charge in [-0.3, -0.25) is 0 Å². The van der Waals surface area contributed by atoms with Crippen molar-refractivity contribution in [1.29, 1.82) is 0 Å². The van der Waals surface area contributed by atoms with E-state index in [1.165, 1.54) is 18.2 Å². The largest absolute Gasteiger partial charge is 0.493 e. The van der Waals surface area contributed by atoms with Crippen molar-refractivity contribution in [2.24, 2.45) is 0 Å². The van der Waals surface area contributed by atoms with E-state index in [2.05, 4.69) is 0 Å². The normalized spacial score (nSPS) is 11.2. The first kappa shape index (κ1) is 16.8. The van der Waals surface area contributed by atoms with E-state index in [0.29, 0.717) is 6.61 Å². The molecule has 5 nitrogen and oxygen atoms in total. The van der Waals surface area contributed by atoms with Crippen LogP contribution in [0.4, 0.5) is 0 Å². The maximum atomic E-state index is 12.0. The van der Waals surface area contributed by atoms with Crippen molar-refractivity contribution in [2.75, 3.05) is 13.2 Å². The lowest BCUT2D eigenvalue weighted by atomic mass is 10.2. The lowest BCUT2D eigenvalue weighted by molar-refractivity contribution is 0.0495. The van der Waals surface area contributed by atoms with Crippen LogP contribution in [-0.2, 0) is 13.8 Å². The van der Waals surface area contributed by atoms with E-state index < -0.39 is 15.0 Å². The molecule has 0 aliphatic rings. The molecule has 1 rings (SSSR count). The topological polar surface area (TPSA) is 69.7 Å². The van der Waals surface area contributed by atoms with Gasteiger partial charge in [-0.2, -0.15) is 0 Å². The summed E-state index contributed by atoms with van der Waals surface area (Å²) >= 11 is 0.